The van der Waals surface area contributed by atoms with Crippen LogP contribution in [0.4, 0.5) is 0 Å². The number of hydrogen-bond acceptors (Lipinski definition) is 3. The maximum Gasteiger partial charge on any atom is 0.307 e. The van der Waals surface area contributed by atoms with Gasteiger partial charge in [0.25, 0.3) is 0 Å². The molecule has 0 saturated heterocycles. The second kappa shape index (κ2) is 8.00. The monoisotopic (exact) mass is 298 g/mol. The Hall–Kier alpha value is -1.59. The van der Waals surface area contributed by atoms with Crippen molar-refractivity contribution in [3.63, 3.8) is 0 Å². The molecule has 0 radical (unpaired) electrons. The van der Waals surface area contributed by atoms with E-state index in [0.717, 1.165) is 6.42 Å². The van der Waals surface area contributed by atoms with Crippen LogP contribution >= 0.6 is 0 Å². The van der Waals surface area contributed by atoms with Crippen LogP contribution in [0.25, 0.3) is 0 Å². The van der Waals surface area contributed by atoms with Crippen molar-refractivity contribution in [2.75, 3.05) is 6.54 Å². The SMILES string of the molecule is CCC1C[C@H](C(=O)NCCC(=O)NC(C)C)[C@H](C(=O)O)C1. The zero-order chi connectivity index (χ0) is 16.0. The Morgan fingerprint density at radius 1 is 1.19 bits per heavy atom. The van der Waals surface area contributed by atoms with E-state index in [4.69, 9.17) is 0 Å². The van der Waals surface area contributed by atoms with Gasteiger partial charge >= 0.3 is 5.97 Å². The van der Waals surface area contributed by atoms with E-state index in [1.165, 1.54) is 0 Å². The van der Waals surface area contributed by atoms with Crippen LogP contribution in [-0.2, 0) is 14.4 Å². The molecule has 1 aliphatic rings. The van der Waals surface area contributed by atoms with Crippen molar-refractivity contribution in [3.05, 3.63) is 0 Å². The molecular weight excluding hydrogens is 272 g/mol. The molecule has 0 aromatic heterocycles. The first kappa shape index (κ1) is 17.5. The van der Waals surface area contributed by atoms with Crippen molar-refractivity contribution >= 4 is 17.8 Å². The Labute approximate surface area is 125 Å². The first-order valence-electron chi connectivity index (χ1n) is 7.65. The number of amides is 2. The number of aliphatic carboxylic acids is 1. The Morgan fingerprint density at radius 3 is 2.33 bits per heavy atom. The lowest BCUT2D eigenvalue weighted by atomic mass is 9.95. The predicted octanol–water partition coefficient (Wildman–Crippen LogP) is 1.15. The predicted molar refractivity (Wildman–Crippen MR) is 78.5 cm³/mol. The number of carbonyl (C=O) groups is 3. The van der Waals surface area contributed by atoms with Crippen molar-refractivity contribution in [3.8, 4) is 0 Å². The maximum absolute atomic E-state index is 12.1. The topological polar surface area (TPSA) is 95.5 Å². The minimum absolute atomic E-state index is 0.0738. The number of nitrogens with one attached hydrogen (secondary N) is 2. The summed E-state index contributed by atoms with van der Waals surface area (Å²) in [6.07, 6.45) is 2.30. The van der Waals surface area contributed by atoms with E-state index in [2.05, 4.69) is 10.6 Å². The third kappa shape index (κ3) is 5.36. The van der Waals surface area contributed by atoms with E-state index < -0.39 is 17.8 Å². The molecule has 3 N–H and O–H groups in total. The number of carboxylic acid groups (broad SMARTS) is 1. The third-order valence-corrected chi connectivity index (χ3v) is 3.99. The normalized spacial score (nSPS) is 24.9. The average molecular weight is 298 g/mol. The molecule has 0 bridgehead atoms. The summed E-state index contributed by atoms with van der Waals surface area (Å²) < 4.78 is 0. The summed E-state index contributed by atoms with van der Waals surface area (Å²) in [5.41, 5.74) is 0. The molecule has 120 valence electrons. The molecule has 0 spiro atoms. The smallest absolute Gasteiger partial charge is 0.307 e. The molecule has 3 atom stereocenters. The van der Waals surface area contributed by atoms with Gasteiger partial charge in [-0.25, -0.2) is 0 Å². The molecule has 1 aliphatic carbocycles. The maximum atomic E-state index is 12.1. The summed E-state index contributed by atoms with van der Waals surface area (Å²) in [6.45, 7) is 6.01. The lowest BCUT2D eigenvalue weighted by molar-refractivity contribution is -0.146. The molecule has 0 aromatic rings. The fourth-order valence-electron chi connectivity index (χ4n) is 2.86. The van der Waals surface area contributed by atoms with Crippen molar-refractivity contribution in [2.45, 2.75) is 52.5 Å². The number of carboxylic acids is 1. The van der Waals surface area contributed by atoms with Gasteiger partial charge in [0, 0.05) is 19.0 Å². The van der Waals surface area contributed by atoms with Crippen LogP contribution in [0, 0.1) is 17.8 Å². The van der Waals surface area contributed by atoms with Crippen molar-refractivity contribution < 1.29 is 19.5 Å². The van der Waals surface area contributed by atoms with E-state index in [1.807, 2.05) is 20.8 Å². The van der Waals surface area contributed by atoms with Gasteiger partial charge in [-0.1, -0.05) is 13.3 Å². The summed E-state index contributed by atoms with van der Waals surface area (Å²) in [5.74, 6) is -2.02. The molecule has 0 heterocycles. The van der Waals surface area contributed by atoms with Crippen LogP contribution in [0.5, 0.6) is 0 Å². The molecule has 2 amide bonds. The van der Waals surface area contributed by atoms with Gasteiger partial charge in [0.2, 0.25) is 11.8 Å². The number of carbonyl (C=O) groups excluding carboxylic acids is 2. The summed E-state index contributed by atoms with van der Waals surface area (Å²) in [6, 6.07) is 0.0738. The summed E-state index contributed by atoms with van der Waals surface area (Å²) in [7, 11) is 0. The third-order valence-electron chi connectivity index (χ3n) is 3.99. The molecule has 1 fully saturated rings. The molecule has 6 nitrogen and oxygen atoms in total. The Balaban J connectivity index is 2.43. The second-order valence-electron chi connectivity index (χ2n) is 6.06. The first-order valence-corrected chi connectivity index (χ1v) is 7.65. The van der Waals surface area contributed by atoms with E-state index in [0.29, 0.717) is 18.8 Å². The van der Waals surface area contributed by atoms with Crippen molar-refractivity contribution in [1.29, 1.82) is 0 Å². The van der Waals surface area contributed by atoms with E-state index in [1.54, 1.807) is 0 Å². The lowest BCUT2D eigenvalue weighted by Gasteiger charge is -2.15. The zero-order valence-corrected chi connectivity index (χ0v) is 13.0. The van der Waals surface area contributed by atoms with E-state index in [9.17, 15) is 19.5 Å². The van der Waals surface area contributed by atoms with Crippen molar-refractivity contribution in [1.82, 2.24) is 10.6 Å². The molecule has 0 aromatic carbocycles. The number of hydrogen-bond donors (Lipinski definition) is 3. The van der Waals surface area contributed by atoms with Gasteiger partial charge in [-0.3, -0.25) is 14.4 Å². The highest BCUT2D eigenvalue weighted by atomic mass is 16.4. The number of rotatable bonds is 7. The highest BCUT2D eigenvalue weighted by Gasteiger charge is 2.41. The summed E-state index contributed by atoms with van der Waals surface area (Å²) in [4.78, 5) is 34.8. The van der Waals surface area contributed by atoms with Gasteiger partial charge in [-0.15, -0.1) is 0 Å². The fourth-order valence-corrected chi connectivity index (χ4v) is 2.86. The van der Waals surface area contributed by atoms with Crippen LogP contribution < -0.4 is 10.6 Å². The van der Waals surface area contributed by atoms with Crippen molar-refractivity contribution in [2.24, 2.45) is 17.8 Å². The quantitative estimate of drug-likeness (QED) is 0.657. The van der Waals surface area contributed by atoms with Crippen LogP contribution in [0.1, 0.15) is 46.5 Å². The van der Waals surface area contributed by atoms with E-state index in [-0.39, 0.29) is 30.8 Å². The summed E-state index contributed by atoms with van der Waals surface area (Å²) >= 11 is 0. The largest absolute Gasteiger partial charge is 0.481 e. The first-order chi connectivity index (χ1) is 9.85. The van der Waals surface area contributed by atoms with Gasteiger partial charge in [0.1, 0.15) is 0 Å². The van der Waals surface area contributed by atoms with Crippen LogP contribution in [0.2, 0.25) is 0 Å². The zero-order valence-electron chi connectivity index (χ0n) is 13.0. The molecule has 1 unspecified atom stereocenters. The molecule has 0 aliphatic heterocycles. The minimum Gasteiger partial charge on any atom is -0.481 e. The Bertz CT molecular complexity index is 395. The molecule has 6 heteroatoms. The van der Waals surface area contributed by atoms with Crippen LogP contribution in [0.3, 0.4) is 0 Å². The van der Waals surface area contributed by atoms with Crippen LogP contribution in [-0.4, -0.2) is 35.5 Å². The molecule has 1 saturated carbocycles. The van der Waals surface area contributed by atoms with Gasteiger partial charge in [0.05, 0.1) is 11.8 Å². The van der Waals surface area contributed by atoms with E-state index >= 15 is 0 Å². The van der Waals surface area contributed by atoms with Gasteiger partial charge < -0.3 is 15.7 Å². The van der Waals surface area contributed by atoms with Gasteiger partial charge in [-0.2, -0.15) is 0 Å². The summed E-state index contributed by atoms with van der Waals surface area (Å²) in [5, 5.41) is 14.7. The molecule has 1 rings (SSSR count). The standard InChI is InChI=1S/C15H26N2O4/c1-4-10-7-11(12(8-10)15(20)21)14(19)16-6-5-13(18)17-9(2)3/h9-12H,4-8H2,1-3H3,(H,16,19)(H,17,18)(H,20,21)/t10?,11-,12+/m0/s1. The lowest BCUT2D eigenvalue weighted by Crippen LogP contribution is -2.38. The minimum atomic E-state index is -0.899. The Kier molecular flexibility index (Phi) is 6.65. The van der Waals surface area contributed by atoms with Gasteiger partial charge in [0.15, 0.2) is 0 Å². The van der Waals surface area contributed by atoms with Crippen LogP contribution in [0.15, 0.2) is 0 Å². The Morgan fingerprint density at radius 2 is 1.81 bits per heavy atom. The molecular formula is C15H26N2O4. The van der Waals surface area contributed by atoms with Gasteiger partial charge in [-0.05, 0) is 32.6 Å². The highest BCUT2D eigenvalue weighted by Crippen LogP contribution is 2.38. The highest BCUT2D eigenvalue weighted by molar-refractivity contribution is 5.85. The molecule has 21 heavy (non-hydrogen) atoms. The average Bonchev–Trinajstić information content (AvgIpc) is 2.82. The second-order valence-corrected chi connectivity index (χ2v) is 6.06. The fraction of sp³-hybridized carbons (Fsp3) is 0.800.